The Morgan fingerprint density at radius 1 is 1.53 bits per heavy atom. The smallest absolute Gasteiger partial charge is 0.0768 e. The van der Waals surface area contributed by atoms with E-state index in [0.29, 0.717) is 4.99 Å². The highest BCUT2D eigenvalue weighted by atomic mass is 32.1. The first-order valence-electron chi connectivity index (χ1n) is 5.95. The Morgan fingerprint density at radius 3 is 2.76 bits per heavy atom. The number of aromatic nitrogens is 1. The summed E-state index contributed by atoms with van der Waals surface area (Å²) in [5, 5.41) is 0. The summed E-state index contributed by atoms with van der Waals surface area (Å²) in [6, 6.07) is 2.17. The zero-order chi connectivity index (χ0) is 12.8. The molecule has 1 atom stereocenters. The maximum Gasteiger partial charge on any atom is 0.0768 e. The largest absolute Gasteiger partial charge is 0.393 e. The Balaban J connectivity index is 2.61. The molecule has 0 aliphatic rings. The van der Waals surface area contributed by atoms with Crippen LogP contribution in [0.5, 0.6) is 0 Å². The van der Waals surface area contributed by atoms with Gasteiger partial charge in [0.25, 0.3) is 0 Å². The lowest BCUT2D eigenvalue weighted by molar-refractivity contribution is 0.264. The fourth-order valence-corrected chi connectivity index (χ4v) is 1.82. The minimum atomic E-state index is 0.253. The van der Waals surface area contributed by atoms with E-state index in [-0.39, 0.29) is 5.92 Å². The lowest BCUT2D eigenvalue weighted by Crippen LogP contribution is -2.33. The number of nitrogens with zero attached hydrogens (tertiary/aromatic N) is 2. The van der Waals surface area contributed by atoms with Crippen LogP contribution in [0.2, 0.25) is 0 Å². The van der Waals surface area contributed by atoms with Crippen molar-refractivity contribution in [2.24, 2.45) is 11.7 Å². The minimum absolute atomic E-state index is 0.253. The summed E-state index contributed by atoms with van der Waals surface area (Å²) in [5.74, 6) is 0.253. The van der Waals surface area contributed by atoms with Crippen LogP contribution in [0.15, 0.2) is 18.5 Å². The lowest BCUT2D eigenvalue weighted by Gasteiger charge is -2.23. The fraction of sp³-hybridized carbons (Fsp3) is 0.538. The van der Waals surface area contributed by atoms with Crippen molar-refractivity contribution < 1.29 is 0 Å². The average Bonchev–Trinajstić information content (AvgIpc) is 2.27. The third-order valence-corrected chi connectivity index (χ3v) is 3.21. The van der Waals surface area contributed by atoms with Gasteiger partial charge in [0.05, 0.1) is 4.99 Å². The summed E-state index contributed by atoms with van der Waals surface area (Å²) in [6.07, 6.45) is 3.79. The molecule has 0 aliphatic heterocycles. The van der Waals surface area contributed by atoms with Gasteiger partial charge in [-0.3, -0.25) is 9.88 Å². The highest BCUT2D eigenvalue weighted by Crippen LogP contribution is 2.08. The van der Waals surface area contributed by atoms with Crippen molar-refractivity contribution in [2.75, 3.05) is 13.1 Å². The molecule has 1 rings (SSSR count). The Kier molecular flexibility index (Phi) is 5.51. The molecule has 0 bridgehead atoms. The summed E-state index contributed by atoms with van der Waals surface area (Å²) >= 11 is 5.01. The molecule has 17 heavy (non-hydrogen) atoms. The van der Waals surface area contributed by atoms with Crippen LogP contribution < -0.4 is 5.73 Å². The maximum absolute atomic E-state index is 5.65. The van der Waals surface area contributed by atoms with Crippen molar-refractivity contribution in [2.45, 2.75) is 27.3 Å². The standard InChI is InChI=1S/C13H21N3S/c1-4-16(8-11(3)13(14)17)9-12-5-10(2)6-15-7-12/h5-7,11H,4,8-9H2,1-3H3,(H2,14,17). The highest BCUT2D eigenvalue weighted by molar-refractivity contribution is 7.80. The zero-order valence-electron chi connectivity index (χ0n) is 10.8. The van der Waals surface area contributed by atoms with E-state index in [0.717, 1.165) is 19.6 Å². The number of hydrogen-bond donors (Lipinski definition) is 1. The quantitative estimate of drug-likeness (QED) is 0.787. The Morgan fingerprint density at radius 2 is 2.24 bits per heavy atom. The molecule has 0 aromatic carbocycles. The number of nitrogens with two attached hydrogens (primary N) is 1. The van der Waals surface area contributed by atoms with Gasteiger partial charge >= 0.3 is 0 Å². The molecule has 2 N–H and O–H groups in total. The predicted molar refractivity (Wildman–Crippen MR) is 75.9 cm³/mol. The Bertz CT molecular complexity index is 379. The molecule has 4 heteroatoms. The van der Waals surface area contributed by atoms with Crippen LogP contribution in [0.1, 0.15) is 25.0 Å². The van der Waals surface area contributed by atoms with E-state index in [4.69, 9.17) is 18.0 Å². The number of aryl methyl sites for hydroxylation is 1. The van der Waals surface area contributed by atoms with Gasteiger partial charge in [-0.2, -0.15) is 0 Å². The lowest BCUT2D eigenvalue weighted by atomic mass is 10.1. The summed E-state index contributed by atoms with van der Waals surface area (Å²) in [6.45, 7) is 9.07. The topological polar surface area (TPSA) is 42.2 Å². The molecule has 0 aliphatic carbocycles. The van der Waals surface area contributed by atoms with E-state index in [1.165, 1.54) is 11.1 Å². The molecule has 3 nitrogen and oxygen atoms in total. The van der Waals surface area contributed by atoms with Crippen molar-refractivity contribution in [1.29, 1.82) is 0 Å². The summed E-state index contributed by atoms with van der Waals surface area (Å²) in [7, 11) is 0. The van der Waals surface area contributed by atoms with Crippen molar-refractivity contribution in [3.8, 4) is 0 Å². The number of thiocarbonyl (C=S) groups is 1. The van der Waals surface area contributed by atoms with Crippen molar-refractivity contribution in [1.82, 2.24) is 9.88 Å². The van der Waals surface area contributed by atoms with Crippen LogP contribution in [0.3, 0.4) is 0 Å². The Labute approximate surface area is 109 Å². The van der Waals surface area contributed by atoms with Crippen molar-refractivity contribution in [3.63, 3.8) is 0 Å². The maximum atomic E-state index is 5.65. The van der Waals surface area contributed by atoms with Gasteiger partial charge in [0.2, 0.25) is 0 Å². The molecular formula is C13H21N3S. The van der Waals surface area contributed by atoms with E-state index < -0.39 is 0 Å². The first-order chi connectivity index (χ1) is 8.02. The second-order valence-electron chi connectivity index (χ2n) is 4.50. The van der Waals surface area contributed by atoms with E-state index in [1.54, 1.807) is 0 Å². The van der Waals surface area contributed by atoms with Gasteiger partial charge in [-0.1, -0.05) is 32.1 Å². The molecule has 1 aromatic rings. The summed E-state index contributed by atoms with van der Waals surface area (Å²) in [4.78, 5) is 7.13. The van der Waals surface area contributed by atoms with Gasteiger partial charge < -0.3 is 5.73 Å². The van der Waals surface area contributed by atoms with E-state index in [2.05, 4.69) is 36.7 Å². The molecule has 1 unspecified atom stereocenters. The SMILES string of the molecule is CCN(Cc1cncc(C)c1)CC(C)C(N)=S. The normalized spacial score (nSPS) is 12.7. The summed E-state index contributed by atoms with van der Waals surface area (Å²) < 4.78 is 0. The second kappa shape index (κ2) is 6.67. The molecule has 1 aromatic heterocycles. The fourth-order valence-electron chi connectivity index (χ4n) is 1.74. The summed E-state index contributed by atoms with van der Waals surface area (Å²) in [5.41, 5.74) is 8.08. The van der Waals surface area contributed by atoms with Crippen LogP contribution >= 0.6 is 12.2 Å². The molecule has 0 saturated carbocycles. The van der Waals surface area contributed by atoms with E-state index >= 15 is 0 Å². The van der Waals surface area contributed by atoms with Crippen molar-refractivity contribution >= 4 is 17.2 Å². The molecular weight excluding hydrogens is 230 g/mol. The molecule has 94 valence electrons. The van der Waals surface area contributed by atoms with Gasteiger partial charge in [0.15, 0.2) is 0 Å². The molecule has 0 fully saturated rings. The van der Waals surface area contributed by atoms with Crippen LogP contribution in [0.25, 0.3) is 0 Å². The van der Waals surface area contributed by atoms with Gasteiger partial charge in [0, 0.05) is 31.4 Å². The van der Waals surface area contributed by atoms with E-state index in [1.807, 2.05) is 12.4 Å². The number of hydrogen-bond acceptors (Lipinski definition) is 3. The van der Waals surface area contributed by atoms with Crippen LogP contribution in [-0.4, -0.2) is 28.0 Å². The monoisotopic (exact) mass is 251 g/mol. The number of pyridine rings is 1. The second-order valence-corrected chi connectivity index (χ2v) is 4.97. The Hall–Kier alpha value is -1.00. The zero-order valence-corrected chi connectivity index (χ0v) is 11.6. The van der Waals surface area contributed by atoms with Gasteiger partial charge in [-0.05, 0) is 24.6 Å². The van der Waals surface area contributed by atoms with Crippen LogP contribution in [-0.2, 0) is 6.54 Å². The van der Waals surface area contributed by atoms with Crippen LogP contribution in [0.4, 0.5) is 0 Å². The molecule has 0 radical (unpaired) electrons. The first kappa shape index (κ1) is 14.1. The first-order valence-corrected chi connectivity index (χ1v) is 6.36. The minimum Gasteiger partial charge on any atom is -0.393 e. The van der Waals surface area contributed by atoms with Crippen molar-refractivity contribution in [3.05, 3.63) is 29.6 Å². The van der Waals surface area contributed by atoms with Gasteiger partial charge in [-0.15, -0.1) is 0 Å². The van der Waals surface area contributed by atoms with Gasteiger partial charge in [-0.25, -0.2) is 0 Å². The molecule has 1 heterocycles. The third-order valence-electron chi connectivity index (χ3n) is 2.80. The molecule has 0 spiro atoms. The number of rotatable bonds is 6. The third kappa shape index (κ3) is 4.79. The van der Waals surface area contributed by atoms with Gasteiger partial charge in [0.1, 0.15) is 0 Å². The molecule has 0 saturated heterocycles. The van der Waals surface area contributed by atoms with E-state index in [9.17, 15) is 0 Å². The van der Waals surface area contributed by atoms with Crippen LogP contribution in [0, 0.1) is 12.8 Å². The predicted octanol–water partition coefficient (Wildman–Crippen LogP) is 2.13. The highest BCUT2D eigenvalue weighted by Gasteiger charge is 2.11. The molecule has 0 amide bonds. The average molecular weight is 251 g/mol.